The SMILES string of the molecule is Cc1ccc(S(=O)(=O)Nc2cccc(C#N)c2)c(N)c1. The van der Waals surface area contributed by atoms with E-state index in [1.165, 1.54) is 12.1 Å². The van der Waals surface area contributed by atoms with E-state index in [1.54, 1.807) is 30.3 Å². The summed E-state index contributed by atoms with van der Waals surface area (Å²) in [5.74, 6) is 0. The average molecular weight is 287 g/mol. The quantitative estimate of drug-likeness (QED) is 0.846. The summed E-state index contributed by atoms with van der Waals surface area (Å²) in [5, 5.41) is 8.80. The lowest BCUT2D eigenvalue weighted by Gasteiger charge is -2.10. The molecule has 6 heteroatoms. The summed E-state index contributed by atoms with van der Waals surface area (Å²) >= 11 is 0. The van der Waals surface area contributed by atoms with Crippen molar-refractivity contribution in [3.8, 4) is 6.07 Å². The summed E-state index contributed by atoms with van der Waals surface area (Å²) in [6.07, 6.45) is 0. The van der Waals surface area contributed by atoms with E-state index in [0.29, 0.717) is 11.3 Å². The average Bonchev–Trinajstić information content (AvgIpc) is 2.37. The van der Waals surface area contributed by atoms with Gasteiger partial charge in [-0.1, -0.05) is 12.1 Å². The number of rotatable bonds is 3. The highest BCUT2D eigenvalue weighted by atomic mass is 32.2. The van der Waals surface area contributed by atoms with E-state index in [2.05, 4.69) is 4.72 Å². The van der Waals surface area contributed by atoms with Gasteiger partial charge in [-0.15, -0.1) is 0 Å². The minimum Gasteiger partial charge on any atom is -0.398 e. The van der Waals surface area contributed by atoms with Crippen molar-refractivity contribution in [1.29, 1.82) is 5.26 Å². The highest BCUT2D eigenvalue weighted by Crippen LogP contribution is 2.22. The fraction of sp³-hybridized carbons (Fsp3) is 0.0714. The monoisotopic (exact) mass is 287 g/mol. The van der Waals surface area contributed by atoms with Gasteiger partial charge in [0.1, 0.15) is 4.90 Å². The van der Waals surface area contributed by atoms with Crippen molar-refractivity contribution in [2.45, 2.75) is 11.8 Å². The molecule has 0 amide bonds. The number of sulfonamides is 1. The predicted octanol–water partition coefficient (Wildman–Crippen LogP) is 2.25. The fourth-order valence-corrected chi connectivity index (χ4v) is 2.94. The van der Waals surface area contributed by atoms with E-state index in [-0.39, 0.29) is 10.6 Å². The number of nitrogens with two attached hydrogens (primary N) is 1. The molecular formula is C14H13N3O2S. The Morgan fingerprint density at radius 1 is 1.20 bits per heavy atom. The number of benzene rings is 2. The van der Waals surface area contributed by atoms with Crippen LogP contribution >= 0.6 is 0 Å². The Bertz CT molecular complexity index is 792. The first-order valence-electron chi connectivity index (χ1n) is 5.81. The van der Waals surface area contributed by atoms with Crippen molar-refractivity contribution < 1.29 is 8.42 Å². The molecule has 0 atom stereocenters. The minimum atomic E-state index is -3.77. The second-order valence-electron chi connectivity index (χ2n) is 4.34. The summed E-state index contributed by atoms with van der Waals surface area (Å²) in [7, 11) is -3.77. The first-order chi connectivity index (χ1) is 9.42. The van der Waals surface area contributed by atoms with Gasteiger partial charge < -0.3 is 5.73 Å². The number of nitriles is 1. The molecule has 0 spiro atoms. The van der Waals surface area contributed by atoms with E-state index in [0.717, 1.165) is 5.56 Å². The molecule has 0 aromatic heterocycles. The molecule has 20 heavy (non-hydrogen) atoms. The standard InChI is InChI=1S/C14H13N3O2S/c1-10-5-6-14(13(16)7-10)20(18,19)17-12-4-2-3-11(8-12)9-15/h2-8,17H,16H2,1H3. The zero-order chi connectivity index (χ0) is 14.8. The van der Waals surface area contributed by atoms with Crippen molar-refractivity contribution in [2.24, 2.45) is 0 Å². The normalized spacial score (nSPS) is 10.8. The van der Waals surface area contributed by atoms with Gasteiger partial charge in [-0.3, -0.25) is 4.72 Å². The first-order valence-corrected chi connectivity index (χ1v) is 7.30. The van der Waals surface area contributed by atoms with Crippen molar-refractivity contribution in [2.75, 3.05) is 10.5 Å². The first kappa shape index (κ1) is 13.9. The summed E-state index contributed by atoms with van der Waals surface area (Å²) in [6, 6.07) is 12.9. The number of hydrogen-bond acceptors (Lipinski definition) is 4. The van der Waals surface area contributed by atoms with Crippen LogP contribution in [0.5, 0.6) is 0 Å². The maximum atomic E-state index is 12.3. The molecule has 0 aliphatic carbocycles. The van der Waals surface area contributed by atoms with Gasteiger partial charge in [0.25, 0.3) is 10.0 Å². The number of aryl methyl sites for hydroxylation is 1. The summed E-state index contributed by atoms with van der Waals surface area (Å²) < 4.78 is 26.9. The molecule has 0 heterocycles. The number of anilines is 2. The Balaban J connectivity index is 2.38. The van der Waals surface area contributed by atoms with Crippen LogP contribution in [0.25, 0.3) is 0 Å². The van der Waals surface area contributed by atoms with Gasteiger partial charge in [-0.25, -0.2) is 8.42 Å². The van der Waals surface area contributed by atoms with E-state index in [1.807, 2.05) is 13.0 Å². The minimum absolute atomic E-state index is 0.0189. The lowest BCUT2D eigenvalue weighted by molar-refractivity contribution is 0.601. The van der Waals surface area contributed by atoms with E-state index >= 15 is 0 Å². The molecule has 0 saturated heterocycles. The molecular weight excluding hydrogens is 274 g/mol. The van der Waals surface area contributed by atoms with Crippen LogP contribution in [0.4, 0.5) is 11.4 Å². The van der Waals surface area contributed by atoms with Crippen LogP contribution in [0.15, 0.2) is 47.4 Å². The van der Waals surface area contributed by atoms with Gasteiger partial charge in [-0.2, -0.15) is 5.26 Å². The van der Waals surface area contributed by atoms with Crippen molar-refractivity contribution >= 4 is 21.4 Å². The Labute approximate surface area is 117 Å². The summed E-state index contributed by atoms with van der Waals surface area (Å²) in [5.41, 5.74) is 7.52. The molecule has 2 rings (SSSR count). The van der Waals surface area contributed by atoms with Crippen LogP contribution in [-0.2, 0) is 10.0 Å². The number of hydrogen-bond donors (Lipinski definition) is 2. The predicted molar refractivity (Wildman–Crippen MR) is 77.6 cm³/mol. The molecule has 0 bridgehead atoms. The lowest BCUT2D eigenvalue weighted by Crippen LogP contribution is -2.15. The van der Waals surface area contributed by atoms with Gasteiger partial charge in [-0.05, 0) is 42.8 Å². The van der Waals surface area contributed by atoms with Crippen LogP contribution in [0.2, 0.25) is 0 Å². The van der Waals surface area contributed by atoms with Crippen molar-refractivity contribution in [1.82, 2.24) is 0 Å². The summed E-state index contributed by atoms with van der Waals surface area (Å²) in [4.78, 5) is 0.0189. The zero-order valence-corrected chi connectivity index (χ0v) is 11.6. The topological polar surface area (TPSA) is 96.0 Å². The largest absolute Gasteiger partial charge is 0.398 e. The molecule has 0 saturated carbocycles. The molecule has 0 fully saturated rings. The van der Waals surface area contributed by atoms with Crippen LogP contribution in [0.1, 0.15) is 11.1 Å². The van der Waals surface area contributed by atoms with E-state index in [9.17, 15) is 8.42 Å². The van der Waals surface area contributed by atoms with Crippen molar-refractivity contribution in [3.05, 3.63) is 53.6 Å². The second-order valence-corrected chi connectivity index (χ2v) is 5.99. The third kappa shape index (κ3) is 2.90. The highest BCUT2D eigenvalue weighted by molar-refractivity contribution is 7.92. The van der Waals surface area contributed by atoms with Crippen LogP contribution in [-0.4, -0.2) is 8.42 Å². The van der Waals surface area contributed by atoms with Gasteiger partial charge in [0.15, 0.2) is 0 Å². The Hall–Kier alpha value is -2.52. The Morgan fingerprint density at radius 3 is 2.60 bits per heavy atom. The third-order valence-corrected chi connectivity index (χ3v) is 4.15. The van der Waals surface area contributed by atoms with Gasteiger partial charge in [0, 0.05) is 0 Å². The molecule has 2 aromatic rings. The van der Waals surface area contributed by atoms with Gasteiger partial charge >= 0.3 is 0 Å². The molecule has 0 aliphatic heterocycles. The molecule has 3 N–H and O–H groups in total. The summed E-state index contributed by atoms with van der Waals surface area (Å²) in [6.45, 7) is 1.83. The van der Waals surface area contributed by atoms with E-state index in [4.69, 9.17) is 11.0 Å². The van der Waals surface area contributed by atoms with Gasteiger partial charge in [0.2, 0.25) is 0 Å². The van der Waals surface area contributed by atoms with Crippen LogP contribution in [0.3, 0.4) is 0 Å². The third-order valence-electron chi connectivity index (χ3n) is 2.70. The maximum Gasteiger partial charge on any atom is 0.263 e. The van der Waals surface area contributed by atoms with Crippen LogP contribution < -0.4 is 10.5 Å². The highest BCUT2D eigenvalue weighted by Gasteiger charge is 2.17. The molecule has 5 nitrogen and oxygen atoms in total. The van der Waals surface area contributed by atoms with Crippen molar-refractivity contribution in [3.63, 3.8) is 0 Å². The van der Waals surface area contributed by atoms with Crippen LogP contribution in [0, 0.1) is 18.3 Å². The number of nitrogens with one attached hydrogen (secondary N) is 1. The lowest BCUT2D eigenvalue weighted by atomic mass is 10.2. The second kappa shape index (κ2) is 5.23. The Morgan fingerprint density at radius 2 is 1.95 bits per heavy atom. The molecule has 0 unspecified atom stereocenters. The number of nitrogen functional groups attached to an aromatic ring is 1. The molecule has 0 radical (unpaired) electrons. The fourth-order valence-electron chi connectivity index (χ4n) is 1.77. The molecule has 102 valence electrons. The zero-order valence-electron chi connectivity index (χ0n) is 10.8. The smallest absolute Gasteiger partial charge is 0.263 e. The van der Waals surface area contributed by atoms with Gasteiger partial charge in [0.05, 0.1) is 23.0 Å². The van der Waals surface area contributed by atoms with E-state index < -0.39 is 10.0 Å². The molecule has 0 aliphatic rings. The maximum absolute atomic E-state index is 12.3. The number of nitrogens with zero attached hydrogens (tertiary/aromatic N) is 1. The molecule has 2 aromatic carbocycles. The Kier molecular flexibility index (Phi) is 3.63.